The van der Waals surface area contributed by atoms with Gasteiger partial charge in [0.1, 0.15) is 0 Å². The standard InChI is InChI=1S/C62H47N/c1-44(53-24-13-25-54(42-53)47-18-7-4-8-19-47)30-31-45(2)63(56-39-36-50(37-40-56)49-34-32-48(33-35-49)46-16-5-3-6-17-46)62-43-55(59-28-14-22-51-20-9-11-26-57(51)59)38-41-61(62)60-29-15-23-52-21-10-12-27-58(52)60/h3-43H,1-2H3/b44-30+,45-31+. The smallest absolute Gasteiger partial charge is 0.0543 e. The molecule has 300 valence electrons. The molecule has 0 heterocycles. The van der Waals surface area contributed by atoms with Crippen LogP contribution in [0.1, 0.15) is 19.4 Å². The summed E-state index contributed by atoms with van der Waals surface area (Å²) >= 11 is 0. The number of rotatable bonds is 10. The van der Waals surface area contributed by atoms with Gasteiger partial charge in [0.05, 0.1) is 5.69 Å². The summed E-state index contributed by atoms with van der Waals surface area (Å²) in [6, 6.07) is 85.7. The fourth-order valence-corrected chi connectivity index (χ4v) is 8.86. The van der Waals surface area contributed by atoms with Gasteiger partial charge in [-0.25, -0.2) is 0 Å². The quantitative estimate of drug-likeness (QED) is 0.124. The summed E-state index contributed by atoms with van der Waals surface area (Å²) in [5.74, 6) is 0. The first-order valence-corrected chi connectivity index (χ1v) is 21.7. The van der Waals surface area contributed by atoms with Crippen molar-refractivity contribution in [3.05, 3.63) is 260 Å². The van der Waals surface area contributed by atoms with Gasteiger partial charge in [0.2, 0.25) is 0 Å². The zero-order chi connectivity index (χ0) is 42.5. The van der Waals surface area contributed by atoms with Gasteiger partial charge in [-0.15, -0.1) is 0 Å². The molecule has 0 spiro atoms. The molecule has 1 nitrogen and oxygen atoms in total. The Kier molecular flexibility index (Phi) is 10.9. The van der Waals surface area contributed by atoms with E-state index >= 15 is 0 Å². The van der Waals surface area contributed by atoms with Crippen molar-refractivity contribution in [1.29, 1.82) is 0 Å². The van der Waals surface area contributed by atoms with E-state index in [1.165, 1.54) is 88.3 Å². The molecule has 0 saturated carbocycles. The normalized spacial score (nSPS) is 11.8. The van der Waals surface area contributed by atoms with E-state index in [0.29, 0.717) is 0 Å². The van der Waals surface area contributed by atoms with Gasteiger partial charge in [-0.1, -0.05) is 218 Å². The third kappa shape index (κ3) is 8.13. The molecule has 0 fully saturated rings. The summed E-state index contributed by atoms with van der Waals surface area (Å²) in [5, 5.41) is 4.91. The summed E-state index contributed by atoms with van der Waals surface area (Å²) in [4.78, 5) is 2.44. The third-order valence-electron chi connectivity index (χ3n) is 12.2. The lowest BCUT2D eigenvalue weighted by atomic mass is 9.92. The fourth-order valence-electron chi connectivity index (χ4n) is 8.86. The Morgan fingerprint density at radius 2 is 0.794 bits per heavy atom. The Balaban J connectivity index is 1.13. The number of allylic oxidation sites excluding steroid dienone is 4. The maximum Gasteiger partial charge on any atom is 0.0543 e. The maximum absolute atomic E-state index is 2.44. The van der Waals surface area contributed by atoms with E-state index in [1.807, 2.05) is 0 Å². The molecule has 63 heavy (non-hydrogen) atoms. The van der Waals surface area contributed by atoms with Crippen molar-refractivity contribution in [2.45, 2.75) is 13.8 Å². The Bertz CT molecular complexity index is 3250. The molecule has 0 radical (unpaired) electrons. The van der Waals surface area contributed by atoms with Crippen LogP contribution in [0.4, 0.5) is 11.4 Å². The predicted molar refractivity (Wildman–Crippen MR) is 271 cm³/mol. The average Bonchev–Trinajstić information content (AvgIpc) is 3.36. The van der Waals surface area contributed by atoms with Crippen LogP contribution < -0.4 is 4.90 Å². The molecule has 0 atom stereocenters. The third-order valence-corrected chi connectivity index (χ3v) is 12.2. The number of fused-ring (bicyclic) bond motifs is 2. The second kappa shape index (κ2) is 17.5. The van der Waals surface area contributed by atoms with E-state index in [4.69, 9.17) is 0 Å². The molecular weight excluding hydrogens is 759 g/mol. The van der Waals surface area contributed by atoms with Crippen molar-refractivity contribution in [2.75, 3.05) is 4.90 Å². The minimum absolute atomic E-state index is 1.09. The Morgan fingerprint density at radius 3 is 1.43 bits per heavy atom. The molecule has 10 rings (SSSR count). The van der Waals surface area contributed by atoms with Gasteiger partial charge in [-0.3, -0.25) is 0 Å². The van der Waals surface area contributed by atoms with E-state index in [1.54, 1.807) is 0 Å². The number of benzene rings is 10. The van der Waals surface area contributed by atoms with Crippen molar-refractivity contribution >= 4 is 38.5 Å². The monoisotopic (exact) mass is 805 g/mol. The number of hydrogen-bond donors (Lipinski definition) is 0. The van der Waals surface area contributed by atoms with Crippen LogP contribution in [-0.2, 0) is 0 Å². The van der Waals surface area contributed by atoms with Gasteiger partial charge in [0.15, 0.2) is 0 Å². The first-order valence-electron chi connectivity index (χ1n) is 21.7. The van der Waals surface area contributed by atoms with Crippen molar-refractivity contribution < 1.29 is 0 Å². The molecule has 0 aromatic heterocycles. The summed E-state index contributed by atoms with van der Waals surface area (Å²) in [6.45, 7) is 4.44. The second-order valence-corrected chi connectivity index (χ2v) is 16.2. The van der Waals surface area contributed by atoms with Gasteiger partial charge < -0.3 is 4.90 Å². The molecule has 0 aliphatic carbocycles. The highest BCUT2D eigenvalue weighted by atomic mass is 15.1. The zero-order valence-electron chi connectivity index (χ0n) is 35.6. The molecule has 1 heteroatoms. The molecule has 0 aliphatic heterocycles. The highest BCUT2D eigenvalue weighted by Crippen LogP contribution is 2.44. The molecule has 0 unspecified atom stereocenters. The highest BCUT2D eigenvalue weighted by Gasteiger charge is 2.20. The van der Waals surface area contributed by atoms with Crippen LogP contribution in [0.2, 0.25) is 0 Å². The van der Waals surface area contributed by atoms with Gasteiger partial charge in [0.25, 0.3) is 0 Å². The lowest BCUT2D eigenvalue weighted by Gasteiger charge is -2.29. The Hall–Kier alpha value is -8.00. The summed E-state index contributed by atoms with van der Waals surface area (Å²) in [5.41, 5.74) is 17.7. The van der Waals surface area contributed by atoms with Crippen LogP contribution in [0.5, 0.6) is 0 Å². The van der Waals surface area contributed by atoms with E-state index in [-0.39, 0.29) is 0 Å². The molecule has 0 saturated heterocycles. The molecule has 10 aromatic rings. The SMILES string of the molecule is C/C(=C\C=C(/C)N(c1ccc(-c2ccc(-c3ccccc3)cc2)cc1)c1cc(-c2cccc3ccccc23)ccc1-c1cccc2ccccc12)c1cccc(-c2ccccc2)c1. The highest BCUT2D eigenvalue weighted by molar-refractivity contribution is 6.03. The summed E-state index contributed by atoms with van der Waals surface area (Å²) in [7, 11) is 0. The second-order valence-electron chi connectivity index (χ2n) is 16.2. The molecule has 10 aromatic carbocycles. The van der Waals surface area contributed by atoms with E-state index < -0.39 is 0 Å². The lowest BCUT2D eigenvalue weighted by Crippen LogP contribution is -2.15. The first kappa shape index (κ1) is 39.2. The first-order chi connectivity index (χ1) is 31.1. The maximum atomic E-state index is 2.44. The van der Waals surface area contributed by atoms with Crippen LogP contribution in [0.25, 0.3) is 82.8 Å². The van der Waals surface area contributed by atoms with Crippen molar-refractivity contribution in [2.24, 2.45) is 0 Å². The van der Waals surface area contributed by atoms with Gasteiger partial charge in [-0.05, 0) is 127 Å². The van der Waals surface area contributed by atoms with Gasteiger partial charge in [-0.2, -0.15) is 0 Å². The van der Waals surface area contributed by atoms with Gasteiger partial charge >= 0.3 is 0 Å². The van der Waals surface area contributed by atoms with Gasteiger partial charge in [0, 0.05) is 16.9 Å². The van der Waals surface area contributed by atoms with Crippen molar-refractivity contribution in [3.63, 3.8) is 0 Å². The lowest BCUT2D eigenvalue weighted by molar-refractivity contribution is 1.16. The van der Waals surface area contributed by atoms with Crippen LogP contribution in [0.15, 0.2) is 254 Å². The summed E-state index contributed by atoms with van der Waals surface area (Å²) < 4.78 is 0. The van der Waals surface area contributed by atoms with E-state index in [2.05, 4.69) is 267 Å². The fraction of sp³-hybridized carbons (Fsp3) is 0.0323. The largest absolute Gasteiger partial charge is 0.314 e. The molecule has 0 amide bonds. The summed E-state index contributed by atoms with van der Waals surface area (Å²) in [6.07, 6.45) is 4.54. The minimum Gasteiger partial charge on any atom is -0.314 e. The molecule has 0 bridgehead atoms. The Morgan fingerprint density at radius 1 is 0.333 bits per heavy atom. The van der Waals surface area contributed by atoms with Crippen LogP contribution in [0, 0.1) is 0 Å². The van der Waals surface area contributed by atoms with Crippen LogP contribution in [-0.4, -0.2) is 0 Å². The van der Waals surface area contributed by atoms with E-state index in [9.17, 15) is 0 Å². The number of anilines is 2. The number of nitrogens with zero attached hydrogens (tertiary/aromatic N) is 1. The van der Waals surface area contributed by atoms with Crippen molar-refractivity contribution in [3.8, 4) is 55.6 Å². The molecule has 0 N–H and O–H groups in total. The van der Waals surface area contributed by atoms with Crippen molar-refractivity contribution in [1.82, 2.24) is 0 Å². The van der Waals surface area contributed by atoms with E-state index in [0.717, 1.165) is 17.1 Å². The average molecular weight is 806 g/mol. The van der Waals surface area contributed by atoms with Crippen LogP contribution >= 0.6 is 0 Å². The molecular formula is C62H47N. The Labute approximate surface area is 371 Å². The van der Waals surface area contributed by atoms with Crippen LogP contribution in [0.3, 0.4) is 0 Å². The zero-order valence-corrected chi connectivity index (χ0v) is 35.6. The topological polar surface area (TPSA) is 3.24 Å². The predicted octanol–water partition coefficient (Wildman–Crippen LogP) is 17.5. The number of hydrogen-bond acceptors (Lipinski definition) is 1. The molecule has 0 aliphatic rings. The minimum atomic E-state index is 1.09.